The average Bonchev–Trinajstić information content (AvgIpc) is 2.83. The maximum Gasteiger partial charge on any atom is 0.323 e. The molecule has 1 aliphatic heterocycles. The number of carboxylic acid groups (broad SMARTS) is 1. The van der Waals surface area contributed by atoms with Crippen molar-refractivity contribution in [2.24, 2.45) is 0 Å². The van der Waals surface area contributed by atoms with E-state index in [0.717, 1.165) is 9.78 Å². The summed E-state index contributed by atoms with van der Waals surface area (Å²) in [6.45, 7) is -0.570. The summed E-state index contributed by atoms with van der Waals surface area (Å²) in [6, 6.07) is 3.67. The molecular formula is C11H9NO4S. The molecule has 1 saturated heterocycles. The van der Waals surface area contributed by atoms with E-state index in [4.69, 9.17) is 5.11 Å². The normalized spacial score (nSPS) is 18.1. The Labute approximate surface area is 101 Å². The monoisotopic (exact) mass is 251 g/mol. The lowest BCUT2D eigenvalue weighted by Crippen LogP contribution is -2.34. The first-order valence-electron chi connectivity index (χ1n) is 4.88. The van der Waals surface area contributed by atoms with Gasteiger partial charge in [0.05, 0.1) is 6.42 Å². The summed E-state index contributed by atoms with van der Waals surface area (Å²) < 4.78 is 0. The number of carboxylic acids is 1. The zero-order chi connectivity index (χ0) is 12.4. The molecule has 1 aromatic rings. The highest BCUT2D eigenvalue weighted by Crippen LogP contribution is 2.22. The number of carbonyl (C=O) groups is 3. The topological polar surface area (TPSA) is 74.7 Å². The third-order valence-electron chi connectivity index (χ3n) is 2.32. The lowest BCUT2D eigenvalue weighted by Gasteiger charge is -2.08. The SMILES string of the molecule is O=C(O)CN1C(=O)C/C(=C\c2cccs2)C1=O. The predicted molar refractivity (Wildman–Crippen MR) is 61.3 cm³/mol. The summed E-state index contributed by atoms with van der Waals surface area (Å²) in [4.78, 5) is 35.4. The van der Waals surface area contributed by atoms with Gasteiger partial charge in [0.15, 0.2) is 0 Å². The summed E-state index contributed by atoms with van der Waals surface area (Å²) in [5.74, 6) is -2.16. The van der Waals surface area contributed by atoms with Crippen LogP contribution in [0.3, 0.4) is 0 Å². The van der Waals surface area contributed by atoms with Crippen LogP contribution in [0.1, 0.15) is 11.3 Å². The second kappa shape index (κ2) is 4.50. The third kappa shape index (κ3) is 2.42. The molecule has 0 aliphatic carbocycles. The summed E-state index contributed by atoms with van der Waals surface area (Å²) in [5.41, 5.74) is 0.346. The minimum atomic E-state index is -1.19. The number of hydrogen-bond donors (Lipinski definition) is 1. The molecule has 5 nitrogen and oxygen atoms in total. The Morgan fingerprint density at radius 2 is 2.29 bits per heavy atom. The van der Waals surface area contributed by atoms with Gasteiger partial charge in [0, 0.05) is 10.5 Å². The fourth-order valence-corrected chi connectivity index (χ4v) is 2.26. The highest BCUT2D eigenvalue weighted by Gasteiger charge is 2.34. The van der Waals surface area contributed by atoms with Gasteiger partial charge in [-0.15, -0.1) is 11.3 Å². The van der Waals surface area contributed by atoms with E-state index >= 15 is 0 Å². The van der Waals surface area contributed by atoms with Crippen molar-refractivity contribution in [1.29, 1.82) is 0 Å². The van der Waals surface area contributed by atoms with Crippen molar-refractivity contribution >= 4 is 35.2 Å². The molecule has 2 amide bonds. The lowest BCUT2D eigenvalue weighted by molar-refractivity contribution is -0.148. The van der Waals surface area contributed by atoms with E-state index in [1.165, 1.54) is 11.3 Å². The molecule has 1 aromatic heterocycles. The molecule has 0 atom stereocenters. The zero-order valence-corrected chi connectivity index (χ0v) is 9.57. The Morgan fingerprint density at radius 3 is 2.88 bits per heavy atom. The van der Waals surface area contributed by atoms with Gasteiger partial charge in [-0.1, -0.05) is 6.07 Å². The molecule has 0 unspecified atom stereocenters. The van der Waals surface area contributed by atoms with Crippen LogP contribution in [0.2, 0.25) is 0 Å². The van der Waals surface area contributed by atoms with Crippen molar-refractivity contribution < 1.29 is 19.5 Å². The van der Waals surface area contributed by atoms with Gasteiger partial charge in [-0.25, -0.2) is 0 Å². The van der Waals surface area contributed by atoms with E-state index in [0.29, 0.717) is 5.57 Å². The Bertz CT molecular complexity index is 504. The minimum absolute atomic E-state index is 0.0238. The quantitative estimate of drug-likeness (QED) is 0.641. The van der Waals surface area contributed by atoms with Crippen molar-refractivity contribution in [3.8, 4) is 0 Å². The summed E-state index contributed by atoms with van der Waals surface area (Å²) in [7, 11) is 0. The number of amides is 2. The van der Waals surface area contributed by atoms with Gasteiger partial charge in [0.2, 0.25) is 5.91 Å². The van der Waals surface area contributed by atoms with Crippen LogP contribution in [0.5, 0.6) is 0 Å². The molecule has 2 rings (SSSR count). The van der Waals surface area contributed by atoms with Crippen LogP contribution in [0.25, 0.3) is 6.08 Å². The lowest BCUT2D eigenvalue weighted by atomic mass is 10.2. The molecule has 1 aliphatic rings. The van der Waals surface area contributed by atoms with Crippen LogP contribution in [0.15, 0.2) is 23.1 Å². The van der Waals surface area contributed by atoms with E-state index in [2.05, 4.69) is 0 Å². The van der Waals surface area contributed by atoms with Crippen LogP contribution < -0.4 is 0 Å². The molecule has 88 valence electrons. The fourth-order valence-electron chi connectivity index (χ4n) is 1.57. The standard InChI is InChI=1S/C11H9NO4S/c13-9-5-7(4-8-2-1-3-17-8)11(16)12(9)6-10(14)15/h1-4H,5-6H2,(H,14,15)/b7-4+. The number of likely N-dealkylation sites (tertiary alicyclic amines) is 1. The largest absolute Gasteiger partial charge is 0.480 e. The van der Waals surface area contributed by atoms with Crippen LogP contribution in [-0.4, -0.2) is 34.3 Å². The van der Waals surface area contributed by atoms with Gasteiger partial charge in [-0.3, -0.25) is 19.3 Å². The Balaban J connectivity index is 2.21. The fraction of sp³-hybridized carbons (Fsp3) is 0.182. The highest BCUT2D eigenvalue weighted by molar-refractivity contribution is 7.10. The first kappa shape index (κ1) is 11.5. The molecule has 0 spiro atoms. The minimum Gasteiger partial charge on any atom is -0.480 e. The van der Waals surface area contributed by atoms with Crippen LogP contribution in [-0.2, 0) is 14.4 Å². The maximum atomic E-state index is 11.8. The third-order valence-corrected chi connectivity index (χ3v) is 3.13. The van der Waals surface area contributed by atoms with Crippen molar-refractivity contribution in [2.45, 2.75) is 6.42 Å². The first-order chi connectivity index (χ1) is 8.08. The molecular weight excluding hydrogens is 242 g/mol. The maximum absolute atomic E-state index is 11.8. The number of hydrogen-bond acceptors (Lipinski definition) is 4. The predicted octanol–water partition coefficient (Wildman–Crippen LogP) is 0.975. The number of imide groups is 1. The molecule has 1 N–H and O–H groups in total. The van der Waals surface area contributed by atoms with E-state index in [1.807, 2.05) is 17.5 Å². The van der Waals surface area contributed by atoms with Crippen molar-refractivity contribution in [1.82, 2.24) is 4.90 Å². The number of rotatable bonds is 3. The van der Waals surface area contributed by atoms with Crippen LogP contribution in [0.4, 0.5) is 0 Å². The van der Waals surface area contributed by atoms with E-state index in [9.17, 15) is 14.4 Å². The molecule has 0 aromatic carbocycles. The summed E-state index contributed by atoms with van der Waals surface area (Å²) >= 11 is 1.45. The number of nitrogens with zero attached hydrogens (tertiary/aromatic N) is 1. The Hall–Kier alpha value is -1.95. The average molecular weight is 251 g/mol. The highest BCUT2D eigenvalue weighted by atomic mass is 32.1. The van der Waals surface area contributed by atoms with Crippen molar-refractivity contribution in [3.05, 3.63) is 28.0 Å². The molecule has 17 heavy (non-hydrogen) atoms. The van der Waals surface area contributed by atoms with Crippen molar-refractivity contribution in [3.63, 3.8) is 0 Å². The molecule has 6 heteroatoms. The molecule has 0 saturated carbocycles. The molecule has 0 radical (unpaired) electrons. The van der Waals surface area contributed by atoms with Gasteiger partial charge in [0.1, 0.15) is 6.54 Å². The van der Waals surface area contributed by atoms with Gasteiger partial charge < -0.3 is 5.11 Å². The summed E-state index contributed by atoms with van der Waals surface area (Å²) in [6.07, 6.45) is 1.61. The number of carbonyl (C=O) groups excluding carboxylic acids is 2. The van der Waals surface area contributed by atoms with Crippen LogP contribution >= 0.6 is 11.3 Å². The zero-order valence-electron chi connectivity index (χ0n) is 8.75. The summed E-state index contributed by atoms with van der Waals surface area (Å²) in [5, 5.41) is 10.5. The molecule has 0 bridgehead atoms. The van der Waals surface area contributed by atoms with E-state index < -0.39 is 24.3 Å². The van der Waals surface area contributed by atoms with Crippen LogP contribution in [0, 0.1) is 0 Å². The van der Waals surface area contributed by atoms with E-state index in [-0.39, 0.29) is 6.42 Å². The molecule has 2 heterocycles. The van der Waals surface area contributed by atoms with Gasteiger partial charge >= 0.3 is 5.97 Å². The Kier molecular flexibility index (Phi) is 3.06. The van der Waals surface area contributed by atoms with E-state index in [1.54, 1.807) is 6.08 Å². The first-order valence-corrected chi connectivity index (χ1v) is 5.76. The molecule has 1 fully saturated rings. The van der Waals surface area contributed by atoms with Gasteiger partial charge in [-0.05, 0) is 17.5 Å². The second-order valence-corrected chi connectivity index (χ2v) is 4.52. The van der Waals surface area contributed by atoms with Crippen molar-refractivity contribution in [2.75, 3.05) is 6.54 Å². The Morgan fingerprint density at radius 1 is 1.53 bits per heavy atom. The second-order valence-electron chi connectivity index (χ2n) is 3.54. The van der Waals surface area contributed by atoms with Gasteiger partial charge in [-0.2, -0.15) is 0 Å². The number of aliphatic carboxylic acids is 1. The number of thiophene rings is 1. The van der Waals surface area contributed by atoms with Gasteiger partial charge in [0.25, 0.3) is 5.91 Å². The smallest absolute Gasteiger partial charge is 0.323 e.